The standard InChI is InChI=1S/C19H21N5O/c1-4-14-6-9-15(10-7-14)21-19(25)17-18(23-24-22-17)20-16-8-5-12(2)13(3)11-16/h5-11H,4H2,1-3H3,(H,21,25)(H2,20,22,23,24). The second-order valence-corrected chi connectivity index (χ2v) is 5.95. The maximum Gasteiger partial charge on any atom is 0.280 e. The number of carbonyl (C=O) groups excluding carboxylic acids is 1. The quantitative estimate of drug-likeness (QED) is 0.658. The topological polar surface area (TPSA) is 82.7 Å². The van der Waals surface area contributed by atoms with Crippen LogP contribution in [0, 0.1) is 13.8 Å². The van der Waals surface area contributed by atoms with Crippen LogP contribution in [0.25, 0.3) is 0 Å². The fourth-order valence-corrected chi connectivity index (χ4v) is 2.45. The third kappa shape index (κ3) is 3.85. The maximum absolute atomic E-state index is 12.5. The number of hydrogen-bond acceptors (Lipinski definition) is 4. The highest BCUT2D eigenvalue weighted by Crippen LogP contribution is 2.20. The van der Waals surface area contributed by atoms with Gasteiger partial charge in [0.25, 0.3) is 5.91 Å². The molecule has 0 saturated heterocycles. The number of anilines is 3. The minimum absolute atomic E-state index is 0.220. The Morgan fingerprint density at radius 1 is 1.00 bits per heavy atom. The van der Waals surface area contributed by atoms with E-state index in [2.05, 4.69) is 39.9 Å². The summed E-state index contributed by atoms with van der Waals surface area (Å²) < 4.78 is 0. The fourth-order valence-electron chi connectivity index (χ4n) is 2.45. The summed E-state index contributed by atoms with van der Waals surface area (Å²) in [5.41, 5.74) is 5.39. The van der Waals surface area contributed by atoms with Gasteiger partial charge in [0.15, 0.2) is 11.5 Å². The SMILES string of the molecule is CCc1ccc(NC(=O)c2n[nH]nc2Nc2ccc(C)c(C)c2)cc1. The van der Waals surface area contributed by atoms with Crippen LogP contribution in [0.4, 0.5) is 17.2 Å². The van der Waals surface area contributed by atoms with Crippen LogP contribution in [-0.4, -0.2) is 21.3 Å². The normalized spacial score (nSPS) is 10.5. The average molecular weight is 335 g/mol. The van der Waals surface area contributed by atoms with Crippen LogP contribution >= 0.6 is 0 Å². The minimum Gasteiger partial charge on any atom is -0.337 e. The van der Waals surface area contributed by atoms with Crippen LogP contribution < -0.4 is 10.6 Å². The molecule has 128 valence electrons. The third-order valence-electron chi connectivity index (χ3n) is 4.15. The number of hydrogen-bond donors (Lipinski definition) is 3. The van der Waals surface area contributed by atoms with Crippen LogP contribution in [0.1, 0.15) is 34.1 Å². The molecule has 6 nitrogen and oxygen atoms in total. The zero-order valence-corrected chi connectivity index (χ0v) is 14.6. The number of aromatic nitrogens is 3. The molecule has 1 aromatic heterocycles. The van der Waals surface area contributed by atoms with E-state index in [0.717, 1.165) is 23.4 Å². The summed E-state index contributed by atoms with van der Waals surface area (Å²) in [5.74, 6) is 0.0789. The molecule has 1 heterocycles. The van der Waals surface area contributed by atoms with Gasteiger partial charge in [0, 0.05) is 11.4 Å². The molecule has 0 saturated carbocycles. The van der Waals surface area contributed by atoms with Crippen LogP contribution in [0.5, 0.6) is 0 Å². The lowest BCUT2D eigenvalue weighted by Gasteiger charge is -2.08. The second-order valence-electron chi connectivity index (χ2n) is 5.95. The molecule has 0 radical (unpaired) electrons. The largest absolute Gasteiger partial charge is 0.337 e. The molecular formula is C19H21N5O. The molecule has 0 spiro atoms. The number of carbonyl (C=O) groups is 1. The molecule has 0 aliphatic carbocycles. The molecule has 6 heteroatoms. The van der Waals surface area contributed by atoms with E-state index in [-0.39, 0.29) is 11.6 Å². The molecule has 25 heavy (non-hydrogen) atoms. The predicted molar refractivity (Wildman–Crippen MR) is 99.4 cm³/mol. The first-order valence-electron chi connectivity index (χ1n) is 8.22. The molecule has 2 aromatic carbocycles. The third-order valence-corrected chi connectivity index (χ3v) is 4.15. The number of aryl methyl sites for hydroxylation is 3. The number of aromatic amines is 1. The first-order chi connectivity index (χ1) is 12.1. The van der Waals surface area contributed by atoms with Gasteiger partial charge in [-0.15, -0.1) is 10.2 Å². The van der Waals surface area contributed by atoms with E-state index in [1.165, 1.54) is 11.1 Å². The van der Waals surface area contributed by atoms with Gasteiger partial charge in [-0.2, -0.15) is 5.21 Å². The Labute approximate surface area is 146 Å². The summed E-state index contributed by atoms with van der Waals surface area (Å²) in [6.45, 7) is 6.18. The van der Waals surface area contributed by atoms with Crippen molar-refractivity contribution in [2.75, 3.05) is 10.6 Å². The Hall–Kier alpha value is -3.15. The van der Waals surface area contributed by atoms with Gasteiger partial charge in [0.2, 0.25) is 0 Å². The maximum atomic E-state index is 12.5. The molecule has 3 aromatic rings. The van der Waals surface area contributed by atoms with Crippen LogP contribution in [-0.2, 0) is 6.42 Å². The monoisotopic (exact) mass is 335 g/mol. The van der Waals surface area contributed by atoms with E-state index in [1.807, 2.05) is 49.4 Å². The molecule has 1 amide bonds. The first-order valence-corrected chi connectivity index (χ1v) is 8.22. The van der Waals surface area contributed by atoms with Gasteiger partial charge in [0.05, 0.1) is 0 Å². The highest BCUT2D eigenvalue weighted by Gasteiger charge is 2.17. The van der Waals surface area contributed by atoms with Crippen molar-refractivity contribution < 1.29 is 4.79 Å². The van der Waals surface area contributed by atoms with E-state index in [0.29, 0.717) is 5.82 Å². The zero-order valence-electron chi connectivity index (χ0n) is 14.6. The number of rotatable bonds is 5. The lowest BCUT2D eigenvalue weighted by molar-refractivity contribution is 0.102. The first kappa shape index (κ1) is 16.7. The van der Waals surface area contributed by atoms with Crippen molar-refractivity contribution in [2.24, 2.45) is 0 Å². The van der Waals surface area contributed by atoms with Crippen molar-refractivity contribution in [3.63, 3.8) is 0 Å². The summed E-state index contributed by atoms with van der Waals surface area (Å²) in [5, 5.41) is 16.5. The molecule has 0 fully saturated rings. The highest BCUT2D eigenvalue weighted by atomic mass is 16.2. The summed E-state index contributed by atoms with van der Waals surface area (Å²) >= 11 is 0. The smallest absolute Gasteiger partial charge is 0.280 e. The van der Waals surface area contributed by atoms with Crippen molar-refractivity contribution in [1.29, 1.82) is 0 Å². The second kappa shape index (κ2) is 7.17. The lowest BCUT2D eigenvalue weighted by Crippen LogP contribution is -2.14. The summed E-state index contributed by atoms with van der Waals surface area (Å²) in [4.78, 5) is 12.5. The molecule has 0 aliphatic rings. The van der Waals surface area contributed by atoms with Crippen molar-refractivity contribution in [3.05, 3.63) is 64.8 Å². The van der Waals surface area contributed by atoms with Crippen molar-refractivity contribution in [1.82, 2.24) is 15.4 Å². The number of amides is 1. The van der Waals surface area contributed by atoms with Crippen LogP contribution in [0.2, 0.25) is 0 Å². The van der Waals surface area contributed by atoms with Gasteiger partial charge < -0.3 is 10.6 Å². The highest BCUT2D eigenvalue weighted by molar-refractivity contribution is 6.06. The average Bonchev–Trinajstić information content (AvgIpc) is 3.07. The van der Waals surface area contributed by atoms with Crippen LogP contribution in [0.15, 0.2) is 42.5 Å². The molecule has 0 atom stereocenters. The van der Waals surface area contributed by atoms with E-state index in [4.69, 9.17) is 0 Å². The van der Waals surface area contributed by atoms with Crippen molar-refractivity contribution in [3.8, 4) is 0 Å². The summed E-state index contributed by atoms with van der Waals surface area (Å²) in [6, 6.07) is 13.7. The fraction of sp³-hybridized carbons (Fsp3) is 0.211. The Bertz CT molecular complexity index is 883. The number of benzene rings is 2. The Morgan fingerprint density at radius 2 is 1.72 bits per heavy atom. The van der Waals surface area contributed by atoms with Gasteiger partial charge in [-0.1, -0.05) is 25.1 Å². The summed E-state index contributed by atoms with van der Waals surface area (Å²) in [6.07, 6.45) is 0.960. The van der Waals surface area contributed by atoms with Crippen molar-refractivity contribution >= 4 is 23.1 Å². The van der Waals surface area contributed by atoms with Gasteiger partial charge in [0.1, 0.15) is 0 Å². The molecule has 3 rings (SSSR count). The zero-order chi connectivity index (χ0) is 17.8. The van der Waals surface area contributed by atoms with Crippen LogP contribution in [0.3, 0.4) is 0 Å². The number of nitrogens with zero attached hydrogens (tertiary/aromatic N) is 2. The molecule has 0 unspecified atom stereocenters. The molecule has 0 bridgehead atoms. The van der Waals surface area contributed by atoms with Gasteiger partial charge in [-0.05, 0) is 61.2 Å². The minimum atomic E-state index is -0.315. The summed E-state index contributed by atoms with van der Waals surface area (Å²) in [7, 11) is 0. The Morgan fingerprint density at radius 3 is 2.40 bits per heavy atom. The van der Waals surface area contributed by atoms with Gasteiger partial charge in [-0.25, -0.2) is 0 Å². The Kier molecular flexibility index (Phi) is 4.79. The molecule has 3 N–H and O–H groups in total. The number of H-pyrrole nitrogens is 1. The lowest BCUT2D eigenvalue weighted by atomic mass is 10.1. The molecular weight excluding hydrogens is 314 g/mol. The van der Waals surface area contributed by atoms with Gasteiger partial charge >= 0.3 is 0 Å². The van der Waals surface area contributed by atoms with Crippen molar-refractivity contribution in [2.45, 2.75) is 27.2 Å². The van der Waals surface area contributed by atoms with Gasteiger partial charge in [-0.3, -0.25) is 4.79 Å². The molecule has 0 aliphatic heterocycles. The van der Waals surface area contributed by atoms with E-state index < -0.39 is 0 Å². The van der Waals surface area contributed by atoms with E-state index >= 15 is 0 Å². The predicted octanol–water partition coefficient (Wildman–Crippen LogP) is 3.98. The van der Waals surface area contributed by atoms with E-state index in [9.17, 15) is 4.79 Å². The van der Waals surface area contributed by atoms with E-state index in [1.54, 1.807) is 0 Å². The number of nitrogens with one attached hydrogen (secondary N) is 3. The Balaban J connectivity index is 1.75.